The number of halogens is 1. The van der Waals surface area contributed by atoms with Crippen LogP contribution in [-0.4, -0.2) is 18.3 Å². The zero-order valence-corrected chi connectivity index (χ0v) is 10.4. The number of methoxy groups -OCH3 is 1. The highest BCUT2D eigenvalue weighted by Crippen LogP contribution is 2.25. The van der Waals surface area contributed by atoms with Crippen LogP contribution < -0.4 is 4.74 Å². The molecule has 0 spiro atoms. The molecule has 0 N–H and O–H groups in total. The molecule has 0 amide bonds. The third kappa shape index (κ3) is 2.58. The molecule has 0 bridgehead atoms. The van der Waals surface area contributed by atoms with Crippen LogP contribution in [0.1, 0.15) is 0 Å². The van der Waals surface area contributed by atoms with Crippen LogP contribution >= 0.6 is 11.8 Å². The van der Waals surface area contributed by atoms with Gasteiger partial charge in [-0.15, -0.1) is 11.8 Å². The van der Waals surface area contributed by atoms with Crippen LogP contribution in [0.3, 0.4) is 0 Å². The summed E-state index contributed by atoms with van der Waals surface area (Å²) in [6.45, 7) is 0. The van der Waals surface area contributed by atoms with Gasteiger partial charge < -0.3 is 4.74 Å². The molecule has 0 fully saturated rings. The summed E-state index contributed by atoms with van der Waals surface area (Å²) in [6.07, 6.45) is 3.47. The minimum absolute atomic E-state index is 0.215. The Morgan fingerprint density at radius 2 is 2.06 bits per heavy atom. The first-order valence-corrected chi connectivity index (χ1v) is 6.31. The monoisotopic (exact) mass is 249 g/mol. The topological polar surface area (TPSA) is 22.1 Å². The largest absolute Gasteiger partial charge is 0.495 e. The van der Waals surface area contributed by atoms with Gasteiger partial charge in [-0.2, -0.15) is 0 Å². The van der Waals surface area contributed by atoms with Gasteiger partial charge in [0.1, 0.15) is 11.6 Å². The molecule has 0 aliphatic carbocycles. The molecule has 2 aromatic rings. The van der Waals surface area contributed by atoms with Crippen molar-refractivity contribution >= 4 is 11.8 Å². The lowest BCUT2D eigenvalue weighted by Crippen LogP contribution is -1.88. The number of aromatic nitrogens is 1. The van der Waals surface area contributed by atoms with E-state index in [9.17, 15) is 4.39 Å². The van der Waals surface area contributed by atoms with E-state index in [1.54, 1.807) is 19.4 Å². The molecule has 0 atom stereocenters. The normalized spacial score (nSPS) is 10.3. The zero-order valence-electron chi connectivity index (χ0n) is 9.61. The van der Waals surface area contributed by atoms with E-state index in [2.05, 4.69) is 4.98 Å². The third-order valence-electron chi connectivity index (χ3n) is 2.42. The van der Waals surface area contributed by atoms with Crippen molar-refractivity contribution in [1.82, 2.24) is 4.98 Å². The van der Waals surface area contributed by atoms with Crippen LogP contribution in [0, 0.1) is 5.82 Å². The van der Waals surface area contributed by atoms with Crippen molar-refractivity contribution in [2.75, 3.05) is 13.4 Å². The summed E-state index contributed by atoms with van der Waals surface area (Å²) >= 11 is 1.39. The second kappa shape index (κ2) is 5.19. The molecular formula is C13H12FNOS. The lowest BCUT2D eigenvalue weighted by atomic mass is 10.1. The number of hydrogen-bond acceptors (Lipinski definition) is 3. The van der Waals surface area contributed by atoms with Gasteiger partial charge in [0.25, 0.3) is 0 Å². The Morgan fingerprint density at radius 3 is 2.59 bits per heavy atom. The van der Waals surface area contributed by atoms with Crippen molar-refractivity contribution in [3.05, 3.63) is 42.3 Å². The molecule has 17 heavy (non-hydrogen) atoms. The molecule has 0 radical (unpaired) electrons. The number of rotatable bonds is 3. The maximum Gasteiger partial charge on any atom is 0.137 e. The first-order chi connectivity index (χ1) is 8.24. The van der Waals surface area contributed by atoms with Gasteiger partial charge in [-0.1, -0.05) is 6.07 Å². The van der Waals surface area contributed by atoms with Crippen molar-refractivity contribution in [1.29, 1.82) is 0 Å². The molecule has 0 unspecified atom stereocenters. The van der Waals surface area contributed by atoms with Crippen LogP contribution in [0.2, 0.25) is 0 Å². The van der Waals surface area contributed by atoms with Crippen molar-refractivity contribution < 1.29 is 9.13 Å². The highest BCUT2D eigenvalue weighted by molar-refractivity contribution is 7.98. The lowest BCUT2D eigenvalue weighted by molar-refractivity contribution is 0.413. The summed E-state index contributed by atoms with van der Waals surface area (Å²) in [4.78, 5) is 4.86. The second-order valence-electron chi connectivity index (χ2n) is 3.43. The number of thioether (sulfide) groups is 1. The Labute approximate surface area is 104 Å². The number of hydrogen-bond donors (Lipinski definition) is 0. The summed E-state index contributed by atoms with van der Waals surface area (Å²) < 4.78 is 18.6. The Kier molecular flexibility index (Phi) is 3.64. The summed E-state index contributed by atoms with van der Waals surface area (Å²) in [5, 5.41) is 0. The molecule has 4 heteroatoms. The van der Waals surface area contributed by atoms with Crippen molar-refractivity contribution in [2.24, 2.45) is 0 Å². The predicted molar refractivity (Wildman–Crippen MR) is 68.0 cm³/mol. The van der Waals surface area contributed by atoms with E-state index >= 15 is 0 Å². The summed E-state index contributed by atoms with van der Waals surface area (Å²) in [5.41, 5.74) is 1.50. The molecule has 88 valence electrons. The molecule has 1 heterocycles. The van der Waals surface area contributed by atoms with Crippen LogP contribution in [0.5, 0.6) is 5.75 Å². The zero-order chi connectivity index (χ0) is 12.3. The van der Waals surface area contributed by atoms with E-state index in [4.69, 9.17) is 4.74 Å². The lowest BCUT2D eigenvalue weighted by Gasteiger charge is -2.05. The van der Waals surface area contributed by atoms with E-state index in [1.807, 2.05) is 24.5 Å². The maximum atomic E-state index is 13.6. The first kappa shape index (κ1) is 11.9. The standard InChI is InChI=1S/C13H12FNOS/c1-16-10-4-5-12(15-8-10)9-3-6-13(17-2)11(14)7-9/h3-8H,1-2H3. The Bertz CT molecular complexity index is 513. The van der Waals surface area contributed by atoms with E-state index in [-0.39, 0.29) is 5.82 Å². The smallest absolute Gasteiger partial charge is 0.137 e. The van der Waals surface area contributed by atoms with Crippen LogP contribution in [0.4, 0.5) is 4.39 Å². The van der Waals surface area contributed by atoms with Gasteiger partial charge in [-0.25, -0.2) is 4.39 Å². The molecular weight excluding hydrogens is 237 g/mol. The van der Waals surface area contributed by atoms with Gasteiger partial charge in [0, 0.05) is 10.5 Å². The van der Waals surface area contributed by atoms with E-state index in [0.717, 1.165) is 11.3 Å². The Morgan fingerprint density at radius 1 is 1.24 bits per heavy atom. The fourth-order valence-corrected chi connectivity index (χ4v) is 1.96. The van der Waals surface area contributed by atoms with Crippen LogP contribution in [0.15, 0.2) is 41.4 Å². The van der Waals surface area contributed by atoms with Gasteiger partial charge in [-0.05, 0) is 30.5 Å². The second-order valence-corrected chi connectivity index (χ2v) is 4.28. The number of benzene rings is 1. The van der Waals surface area contributed by atoms with Gasteiger partial charge in [0.15, 0.2) is 0 Å². The number of ether oxygens (including phenoxy) is 1. The first-order valence-electron chi connectivity index (χ1n) is 5.08. The van der Waals surface area contributed by atoms with E-state index < -0.39 is 0 Å². The average Bonchev–Trinajstić information content (AvgIpc) is 2.39. The average molecular weight is 249 g/mol. The molecule has 0 saturated carbocycles. The van der Waals surface area contributed by atoms with Gasteiger partial charge in [0.05, 0.1) is 19.0 Å². The fraction of sp³-hybridized carbons (Fsp3) is 0.154. The van der Waals surface area contributed by atoms with Gasteiger partial charge in [-0.3, -0.25) is 4.98 Å². The predicted octanol–water partition coefficient (Wildman–Crippen LogP) is 3.62. The molecule has 2 rings (SSSR count). The van der Waals surface area contributed by atoms with E-state index in [1.165, 1.54) is 17.8 Å². The summed E-state index contributed by atoms with van der Waals surface area (Å²) in [5.74, 6) is 0.475. The molecule has 2 nitrogen and oxygen atoms in total. The maximum absolute atomic E-state index is 13.6. The molecule has 0 aliphatic heterocycles. The molecule has 0 saturated heterocycles. The van der Waals surface area contributed by atoms with E-state index in [0.29, 0.717) is 10.6 Å². The van der Waals surface area contributed by atoms with Gasteiger partial charge in [0.2, 0.25) is 0 Å². The van der Waals surface area contributed by atoms with Crippen LogP contribution in [-0.2, 0) is 0 Å². The van der Waals surface area contributed by atoms with Crippen LogP contribution in [0.25, 0.3) is 11.3 Å². The minimum atomic E-state index is -0.215. The molecule has 1 aromatic carbocycles. The quantitative estimate of drug-likeness (QED) is 0.776. The third-order valence-corrected chi connectivity index (χ3v) is 3.19. The van der Waals surface area contributed by atoms with Crippen molar-refractivity contribution in [2.45, 2.75) is 4.90 Å². The Balaban J connectivity index is 2.35. The highest BCUT2D eigenvalue weighted by atomic mass is 32.2. The summed E-state index contributed by atoms with van der Waals surface area (Å²) in [6, 6.07) is 8.75. The fourth-order valence-electron chi connectivity index (χ4n) is 1.50. The Hall–Kier alpha value is -1.55. The summed E-state index contributed by atoms with van der Waals surface area (Å²) in [7, 11) is 1.59. The molecule has 1 aromatic heterocycles. The number of pyridine rings is 1. The van der Waals surface area contributed by atoms with Crippen molar-refractivity contribution in [3.8, 4) is 17.0 Å². The SMILES string of the molecule is COc1ccc(-c2ccc(SC)c(F)c2)nc1. The number of nitrogens with zero attached hydrogens (tertiary/aromatic N) is 1. The highest BCUT2D eigenvalue weighted by Gasteiger charge is 2.05. The van der Waals surface area contributed by atoms with Crippen molar-refractivity contribution in [3.63, 3.8) is 0 Å². The minimum Gasteiger partial charge on any atom is -0.495 e. The van der Waals surface area contributed by atoms with Gasteiger partial charge >= 0.3 is 0 Å². The molecule has 0 aliphatic rings.